The lowest BCUT2D eigenvalue weighted by atomic mass is 9.91. The van der Waals surface area contributed by atoms with Crippen LogP contribution in [0.25, 0.3) is 0 Å². The topological polar surface area (TPSA) is 53.4 Å². The third kappa shape index (κ3) is 3.63. The molecule has 0 bridgehead atoms. The molecule has 0 aromatic carbocycles. The molecule has 21 heavy (non-hydrogen) atoms. The molecule has 0 spiro atoms. The zero-order valence-corrected chi connectivity index (χ0v) is 13.8. The number of nitrogens with zero attached hydrogens (tertiary/aromatic N) is 4. The van der Waals surface area contributed by atoms with Crippen LogP contribution in [0.2, 0.25) is 0 Å². The standard InChI is InChI=1S/C15H27N5O/c1-18(2)9-8-16-11-6-7-13-12(10-11)14(17-20(13)5)15(21)19(3)4/h11,16H,6-10H2,1-5H3. The van der Waals surface area contributed by atoms with E-state index in [4.69, 9.17) is 0 Å². The Morgan fingerprint density at radius 3 is 2.71 bits per heavy atom. The fourth-order valence-corrected chi connectivity index (χ4v) is 2.84. The van der Waals surface area contributed by atoms with Gasteiger partial charge in [0.25, 0.3) is 5.91 Å². The Hall–Kier alpha value is -1.40. The van der Waals surface area contributed by atoms with Gasteiger partial charge in [0.15, 0.2) is 5.69 Å². The summed E-state index contributed by atoms with van der Waals surface area (Å²) in [5.41, 5.74) is 2.97. The molecular formula is C15H27N5O. The number of aryl methyl sites for hydroxylation is 1. The lowest BCUT2D eigenvalue weighted by Crippen LogP contribution is -2.39. The Bertz CT molecular complexity index is 506. The number of hydrogen-bond acceptors (Lipinski definition) is 4. The van der Waals surface area contributed by atoms with Gasteiger partial charge in [-0.25, -0.2) is 0 Å². The Morgan fingerprint density at radius 1 is 1.38 bits per heavy atom. The van der Waals surface area contributed by atoms with Crippen LogP contribution < -0.4 is 5.32 Å². The number of likely N-dealkylation sites (N-methyl/N-ethyl adjacent to an activating group) is 1. The monoisotopic (exact) mass is 293 g/mol. The SMILES string of the molecule is CN(C)CCNC1CCc2c(c(C(=O)N(C)C)nn2C)C1. The van der Waals surface area contributed by atoms with Crippen LogP contribution in [-0.4, -0.2) is 72.8 Å². The zero-order valence-electron chi connectivity index (χ0n) is 13.8. The lowest BCUT2D eigenvalue weighted by molar-refractivity contribution is 0.0820. The molecule has 118 valence electrons. The normalized spacial score (nSPS) is 17.9. The summed E-state index contributed by atoms with van der Waals surface area (Å²) in [6.07, 6.45) is 2.99. The second-order valence-corrected chi connectivity index (χ2v) is 6.29. The fraction of sp³-hybridized carbons (Fsp3) is 0.733. The molecule has 1 heterocycles. The van der Waals surface area contributed by atoms with Gasteiger partial charge in [-0.1, -0.05) is 0 Å². The van der Waals surface area contributed by atoms with Crippen molar-refractivity contribution in [2.45, 2.75) is 25.3 Å². The van der Waals surface area contributed by atoms with Crippen LogP contribution in [0, 0.1) is 0 Å². The summed E-state index contributed by atoms with van der Waals surface area (Å²) in [5.74, 6) is 0.000733. The number of nitrogens with one attached hydrogen (secondary N) is 1. The Balaban J connectivity index is 2.09. The van der Waals surface area contributed by atoms with E-state index in [1.165, 1.54) is 5.69 Å². The van der Waals surface area contributed by atoms with Crippen molar-refractivity contribution in [2.24, 2.45) is 7.05 Å². The van der Waals surface area contributed by atoms with E-state index in [1.54, 1.807) is 19.0 Å². The molecule has 0 saturated carbocycles. The minimum atomic E-state index is 0.000733. The van der Waals surface area contributed by atoms with E-state index in [1.807, 2.05) is 11.7 Å². The summed E-state index contributed by atoms with van der Waals surface area (Å²) in [6.45, 7) is 2.00. The summed E-state index contributed by atoms with van der Waals surface area (Å²) in [5, 5.41) is 8.04. The molecule has 6 nitrogen and oxygen atoms in total. The van der Waals surface area contributed by atoms with Crippen LogP contribution in [0.1, 0.15) is 28.2 Å². The van der Waals surface area contributed by atoms with E-state index in [0.717, 1.165) is 37.9 Å². The van der Waals surface area contributed by atoms with E-state index in [2.05, 4.69) is 29.4 Å². The molecule has 2 rings (SSSR count). The maximum Gasteiger partial charge on any atom is 0.274 e. The fourth-order valence-electron chi connectivity index (χ4n) is 2.84. The van der Waals surface area contributed by atoms with Gasteiger partial charge in [-0.05, 0) is 33.4 Å². The maximum atomic E-state index is 12.3. The summed E-state index contributed by atoms with van der Waals surface area (Å²) in [7, 11) is 9.65. The third-order valence-electron chi connectivity index (χ3n) is 4.06. The van der Waals surface area contributed by atoms with Gasteiger partial charge in [0.1, 0.15) is 0 Å². The molecule has 1 aliphatic carbocycles. The Kier molecular flexibility index (Phi) is 5.00. The number of rotatable bonds is 5. The van der Waals surface area contributed by atoms with Gasteiger partial charge >= 0.3 is 0 Å². The van der Waals surface area contributed by atoms with E-state index < -0.39 is 0 Å². The molecular weight excluding hydrogens is 266 g/mol. The highest BCUT2D eigenvalue weighted by Gasteiger charge is 2.28. The molecule has 6 heteroatoms. The van der Waals surface area contributed by atoms with Crippen molar-refractivity contribution in [3.63, 3.8) is 0 Å². The molecule has 1 unspecified atom stereocenters. The second-order valence-electron chi connectivity index (χ2n) is 6.29. The number of fused-ring (bicyclic) bond motifs is 1. The highest BCUT2D eigenvalue weighted by molar-refractivity contribution is 5.93. The van der Waals surface area contributed by atoms with Gasteiger partial charge in [-0.15, -0.1) is 0 Å². The largest absolute Gasteiger partial charge is 0.343 e. The van der Waals surface area contributed by atoms with Crippen LogP contribution in [0.4, 0.5) is 0 Å². The van der Waals surface area contributed by atoms with Crippen LogP contribution in [-0.2, 0) is 19.9 Å². The van der Waals surface area contributed by atoms with Crippen molar-refractivity contribution in [3.05, 3.63) is 17.0 Å². The number of hydrogen-bond donors (Lipinski definition) is 1. The molecule has 1 aromatic heterocycles. The summed E-state index contributed by atoms with van der Waals surface area (Å²) < 4.78 is 1.88. The van der Waals surface area contributed by atoms with Crippen LogP contribution in [0.3, 0.4) is 0 Å². The smallest absolute Gasteiger partial charge is 0.274 e. The number of amides is 1. The van der Waals surface area contributed by atoms with E-state index in [-0.39, 0.29) is 5.91 Å². The van der Waals surface area contributed by atoms with Crippen molar-refractivity contribution in [1.29, 1.82) is 0 Å². The first-order valence-electron chi connectivity index (χ1n) is 7.54. The molecule has 0 aliphatic heterocycles. The van der Waals surface area contributed by atoms with Gasteiger partial charge in [0.2, 0.25) is 0 Å². The molecule has 1 amide bonds. The van der Waals surface area contributed by atoms with Gasteiger partial charge < -0.3 is 15.1 Å². The third-order valence-corrected chi connectivity index (χ3v) is 4.06. The number of aromatic nitrogens is 2. The highest BCUT2D eigenvalue weighted by atomic mass is 16.2. The van der Waals surface area contributed by atoms with Gasteiger partial charge in [-0.2, -0.15) is 5.10 Å². The lowest BCUT2D eigenvalue weighted by Gasteiger charge is -2.25. The zero-order chi connectivity index (χ0) is 15.6. The molecule has 1 aliphatic rings. The van der Waals surface area contributed by atoms with Crippen LogP contribution >= 0.6 is 0 Å². The van der Waals surface area contributed by atoms with Crippen molar-refractivity contribution in [1.82, 2.24) is 24.9 Å². The van der Waals surface area contributed by atoms with Crippen molar-refractivity contribution < 1.29 is 4.79 Å². The maximum absolute atomic E-state index is 12.3. The van der Waals surface area contributed by atoms with Gasteiger partial charge in [-0.3, -0.25) is 9.48 Å². The molecule has 0 saturated heterocycles. The first kappa shape index (κ1) is 16.0. The first-order valence-corrected chi connectivity index (χ1v) is 7.54. The van der Waals surface area contributed by atoms with Crippen molar-refractivity contribution in [2.75, 3.05) is 41.3 Å². The van der Waals surface area contributed by atoms with Crippen molar-refractivity contribution in [3.8, 4) is 0 Å². The average Bonchev–Trinajstić information content (AvgIpc) is 2.74. The highest BCUT2D eigenvalue weighted by Crippen LogP contribution is 2.24. The predicted molar refractivity (Wildman–Crippen MR) is 83.6 cm³/mol. The van der Waals surface area contributed by atoms with Crippen LogP contribution in [0.15, 0.2) is 0 Å². The number of carbonyl (C=O) groups is 1. The quantitative estimate of drug-likeness (QED) is 0.838. The Labute approximate surface area is 127 Å². The van der Waals surface area contributed by atoms with E-state index >= 15 is 0 Å². The molecule has 1 N–H and O–H groups in total. The summed E-state index contributed by atoms with van der Waals surface area (Å²) in [6, 6.07) is 0.440. The Morgan fingerprint density at radius 2 is 2.10 bits per heavy atom. The first-order chi connectivity index (χ1) is 9.90. The van der Waals surface area contributed by atoms with Crippen LogP contribution in [0.5, 0.6) is 0 Å². The molecule has 1 atom stereocenters. The average molecular weight is 293 g/mol. The van der Waals surface area contributed by atoms with Gasteiger partial charge in [0.05, 0.1) is 0 Å². The van der Waals surface area contributed by atoms with E-state index in [9.17, 15) is 4.79 Å². The second kappa shape index (κ2) is 6.58. The van der Waals surface area contributed by atoms with E-state index in [0.29, 0.717) is 11.7 Å². The summed E-state index contributed by atoms with van der Waals surface area (Å²) in [4.78, 5) is 16.0. The minimum Gasteiger partial charge on any atom is -0.343 e. The van der Waals surface area contributed by atoms with Gasteiger partial charge in [0, 0.05) is 51.5 Å². The summed E-state index contributed by atoms with van der Waals surface area (Å²) >= 11 is 0. The minimum absolute atomic E-state index is 0.000733. The predicted octanol–water partition coefficient (Wildman–Crippen LogP) is 0.130. The molecule has 0 fully saturated rings. The molecule has 1 aromatic rings. The number of carbonyl (C=O) groups excluding carboxylic acids is 1. The van der Waals surface area contributed by atoms with Crippen molar-refractivity contribution >= 4 is 5.91 Å². The molecule has 0 radical (unpaired) electrons.